The van der Waals surface area contributed by atoms with Crippen LogP contribution in [0.5, 0.6) is 0 Å². The van der Waals surface area contributed by atoms with Crippen molar-refractivity contribution in [3.05, 3.63) is 74.6 Å². The summed E-state index contributed by atoms with van der Waals surface area (Å²) in [6.45, 7) is 0. The Labute approximate surface area is 150 Å². The van der Waals surface area contributed by atoms with Crippen LogP contribution in [0.2, 0.25) is 10.0 Å². The first kappa shape index (κ1) is 15.7. The zero-order valence-corrected chi connectivity index (χ0v) is 14.0. The summed E-state index contributed by atoms with van der Waals surface area (Å²) in [5.41, 5.74) is 0.462. The highest BCUT2D eigenvalue weighted by Gasteiger charge is 2.18. The second-order valence-corrected chi connectivity index (χ2v) is 6.08. The maximum absolute atomic E-state index is 12.5. The minimum atomic E-state index is -0.570. The number of anilines is 1. The van der Waals surface area contributed by atoms with Crippen molar-refractivity contribution in [1.82, 2.24) is 0 Å². The maximum atomic E-state index is 12.5. The smallest absolute Gasteiger partial charge is 0.302 e. The number of nitrogens with one attached hydrogen (secondary N) is 1. The van der Waals surface area contributed by atoms with Crippen molar-refractivity contribution < 1.29 is 13.6 Å². The van der Waals surface area contributed by atoms with Gasteiger partial charge in [-0.2, -0.15) is 0 Å². The van der Waals surface area contributed by atoms with Crippen molar-refractivity contribution in [3.63, 3.8) is 0 Å². The van der Waals surface area contributed by atoms with E-state index in [4.69, 9.17) is 32.0 Å². The van der Waals surface area contributed by atoms with E-state index < -0.39 is 5.91 Å². The van der Waals surface area contributed by atoms with Gasteiger partial charge in [0.25, 0.3) is 5.91 Å². The number of amides is 1. The van der Waals surface area contributed by atoms with Crippen LogP contribution < -0.4 is 10.7 Å². The lowest BCUT2D eigenvalue weighted by Crippen LogP contribution is -2.11. The van der Waals surface area contributed by atoms with Crippen LogP contribution in [-0.4, -0.2) is 5.91 Å². The molecular formula is C18H9Cl2NO4. The van der Waals surface area contributed by atoms with Crippen LogP contribution in [0, 0.1) is 0 Å². The molecule has 0 saturated carbocycles. The van der Waals surface area contributed by atoms with E-state index in [1.807, 2.05) is 0 Å². The predicted molar refractivity (Wildman–Crippen MR) is 96.7 cm³/mol. The van der Waals surface area contributed by atoms with E-state index in [1.165, 1.54) is 6.07 Å². The van der Waals surface area contributed by atoms with E-state index in [0.29, 0.717) is 21.7 Å². The molecule has 2 heterocycles. The number of carbonyl (C=O) groups excluding carboxylic acids is 1. The monoisotopic (exact) mass is 373 g/mol. The van der Waals surface area contributed by atoms with Crippen LogP contribution in [0.4, 0.5) is 5.69 Å². The van der Waals surface area contributed by atoms with Gasteiger partial charge in [0.15, 0.2) is 5.76 Å². The second-order valence-electron chi connectivity index (χ2n) is 5.29. The lowest BCUT2D eigenvalue weighted by Gasteiger charge is -2.06. The molecule has 25 heavy (non-hydrogen) atoms. The molecule has 0 unspecified atom stereocenters. The zero-order valence-electron chi connectivity index (χ0n) is 12.5. The highest BCUT2D eigenvalue weighted by Crippen LogP contribution is 2.30. The highest BCUT2D eigenvalue weighted by molar-refractivity contribution is 6.44. The number of para-hydroxylation sites is 1. The van der Waals surface area contributed by atoms with Crippen LogP contribution >= 0.6 is 23.2 Å². The number of hydrogen-bond acceptors (Lipinski definition) is 4. The Kier molecular flexibility index (Phi) is 3.75. The fraction of sp³-hybridized carbons (Fsp3) is 0. The first-order valence-corrected chi connectivity index (χ1v) is 8.01. The van der Waals surface area contributed by atoms with Gasteiger partial charge >= 0.3 is 5.78 Å². The largest absolute Gasteiger partial charge is 0.425 e. The fourth-order valence-corrected chi connectivity index (χ4v) is 2.84. The lowest BCUT2D eigenvalue weighted by molar-refractivity contribution is 0.0997. The van der Waals surface area contributed by atoms with Crippen molar-refractivity contribution in [2.45, 2.75) is 0 Å². The Morgan fingerprint density at radius 3 is 2.60 bits per heavy atom. The van der Waals surface area contributed by atoms with E-state index in [1.54, 1.807) is 42.5 Å². The van der Waals surface area contributed by atoms with Gasteiger partial charge < -0.3 is 14.2 Å². The second kappa shape index (κ2) is 5.95. The maximum Gasteiger partial charge on any atom is 0.302 e. The van der Waals surface area contributed by atoms with E-state index in [-0.39, 0.29) is 27.4 Å². The van der Waals surface area contributed by atoms with Gasteiger partial charge in [0.1, 0.15) is 11.0 Å². The summed E-state index contributed by atoms with van der Waals surface area (Å²) >= 11 is 12.0. The van der Waals surface area contributed by atoms with Crippen LogP contribution in [0.1, 0.15) is 10.6 Å². The number of hydrogen-bond donors (Lipinski definition) is 1. The fourth-order valence-electron chi connectivity index (χ4n) is 2.49. The van der Waals surface area contributed by atoms with Crippen molar-refractivity contribution in [2.75, 3.05) is 5.32 Å². The standard InChI is InChI=1S/C18H9Cl2NO4/c19-11-5-3-6-12(15(11)20)21-17(23)14-8-10-16(22)9-4-1-2-7-13(9)24-18(10)25-14/h1-8H,(H,21,23). The predicted octanol–water partition coefficient (Wildman–Crippen LogP) is 5.10. The quantitative estimate of drug-likeness (QED) is 0.530. The molecule has 0 spiro atoms. The van der Waals surface area contributed by atoms with Crippen LogP contribution in [-0.2, 0) is 0 Å². The van der Waals surface area contributed by atoms with Gasteiger partial charge in [0, 0.05) is 6.07 Å². The van der Waals surface area contributed by atoms with E-state index in [2.05, 4.69) is 5.32 Å². The number of carbonyl (C=O) groups is 1. The molecule has 0 bridgehead atoms. The molecular weight excluding hydrogens is 365 g/mol. The van der Waals surface area contributed by atoms with Crippen molar-refractivity contribution in [1.29, 1.82) is 0 Å². The Bertz CT molecular complexity index is 1190. The zero-order chi connectivity index (χ0) is 17.6. The SMILES string of the molecule is O=C(Nc1cccc(Cl)c1Cl)c1cc2c(=O)c3ccccc3oc2o1. The average Bonchev–Trinajstić information content (AvgIpc) is 3.04. The number of halogens is 2. The molecule has 7 heteroatoms. The van der Waals surface area contributed by atoms with E-state index >= 15 is 0 Å². The molecule has 4 rings (SSSR count). The molecule has 124 valence electrons. The van der Waals surface area contributed by atoms with Gasteiger partial charge in [-0.05, 0) is 24.3 Å². The van der Waals surface area contributed by atoms with E-state index in [0.717, 1.165) is 0 Å². The third-order valence-electron chi connectivity index (χ3n) is 3.70. The van der Waals surface area contributed by atoms with Crippen LogP contribution in [0.25, 0.3) is 22.1 Å². The number of rotatable bonds is 2. The summed E-state index contributed by atoms with van der Waals surface area (Å²) in [6, 6.07) is 13.0. The van der Waals surface area contributed by atoms with Crippen molar-refractivity contribution >= 4 is 56.9 Å². The molecule has 2 aromatic carbocycles. The Morgan fingerprint density at radius 1 is 0.960 bits per heavy atom. The van der Waals surface area contributed by atoms with Gasteiger partial charge in [-0.3, -0.25) is 9.59 Å². The minimum absolute atomic E-state index is 0.00830. The molecule has 5 nitrogen and oxygen atoms in total. The van der Waals surface area contributed by atoms with Gasteiger partial charge in [-0.15, -0.1) is 0 Å². The lowest BCUT2D eigenvalue weighted by atomic mass is 10.2. The molecule has 0 aliphatic carbocycles. The number of fused-ring (bicyclic) bond motifs is 2. The molecule has 0 aliphatic heterocycles. The van der Waals surface area contributed by atoms with Gasteiger partial charge in [-0.25, -0.2) is 0 Å². The minimum Gasteiger partial charge on any atom is -0.425 e. The Hall–Kier alpha value is -2.76. The molecule has 1 amide bonds. The van der Waals surface area contributed by atoms with Gasteiger partial charge in [0.05, 0.1) is 21.1 Å². The topological polar surface area (TPSA) is 72.5 Å². The third kappa shape index (κ3) is 2.67. The van der Waals surface area contributed by atoms with Crippen LogP contribution in [0.3, 0.4) is 0 Å². The van der Waals surface area contributed by atoms with Gasteiger partial charge in [-0.1, -0.05) is 41.4 Å². The number of benzene rings is 2. The summed E-state index contributed by atoms with van der Waals surface area (Å²) in [7, 11) is 0. The molecule has 0 saturated heterocycles. The summed E-state index contributed by atoms with van der Waals surface area (Å²) in [6.07, 6.45) is 0. The molecule has 0 atom stereocenters. The molecule has 0 fully saturated rings. The van der Waals surface area contributed by atoms with Crippen molar-refractivity contribution in [3.8, 4) is 0 Å². The Morgan fingerprint density at radius 2 is 1.76 bits per heavy atom. The summed E-state index contributed by atoms with van der Waals surface area (Å²) < 4.78 is 11.0. The number of furan rings is 1. The first-order chi connectivity index (χ1) is 12.0. The molecule has 0 radical (unpaired) electrons. The molecule has 0 aliphatic rings. The summed E-state index contributed by atoms with van der Waals surface area (Å²) in [5, 5.41) is 3.74. The van der Waals surface area contributed by atoms with Crippen LogP contribution in [0.15, 0.2) is 62.2 Å². The third-order valence-corrected chi connectivity index (χ3v) is 4.52. The molecule has 2 aromatic heterocycles. The summed E-state index contributed by atoms with van der Waals surface area (Å²) in [4.78, 5) is 24.9. The highest BCUT2D eigenvalue weighted by atomic mass is 35.5. The van der Waals surface area contributed by atoms with Gasteiger partial charge in [0.2, 0.25) is 5.43 Å². The Balaban J connectivity index is 1.78. The van der Waals surface area contributed by atoms with Crippen molar-refractivity contribution in [2.24, 2.45) is 0 Å². The average molecular weight is 374 g/mol. The first-order valence-electron chi connectivity index (χ1n) is 7.25. The summed E-state index contributed by atoms with van der Waals surface area (Å²) in [5.74, 6) is -0.646. The molecule has 1 N–H and O–H groups in total. The molecule has 4 aromatic rings. The van der Waals surface area contributed by atoms with E-state index in [9.17, 15) is 9.59 Å². The normalized spacial score (nSPS) is 11.1.